The first kappa shape index (κ1) is 22.8. The largest absolute Gasteiger partial charge is 0.330 e. The van der Waals surface area contributed by atoms with E-state index in [0.29, 0.717) is 28.7 Å². The second-order valence-corrected chi connectivity index (χ2v) is 9.64. The smallest absolute Gasteiger partial charge is 0.255 e. The molecule has 1 atom stereocenters. The van der Waals surface area contributed by atoms with E-state index in [-0.39, 0.29) is 24.4 Å². The Labute approximate surface area is 202 Å². The Morgan fingerprint density at radius 3 is 2.62 bits per heavy atom. The topological polar surface area (TPSA) is 40.6 Å². The van der Waals surface area contributed by atoms with Gasteiger partial charge in [0.05, 0.1) is 16.6 Å². The summed E-state index contributed by atoms with van der Waals surface area (Å²) >= 11 is 14.0. The first-order valence-corrected chi connectivity index (χ1v) is 12.3. The molecule has 0 aliphatic carbocycles. The predicted octanol–water partition coefficient (Wildman–Crippen LogP) is 6.08. The molecule has 1 aliphatic rings. The minimum absolute atomic E-state index is 0.00837. The van der Waals surface area contributed by atoms with Crippen LogP contribution >= 0.6 is 34.5 Å². The summed E-state index contributed by atoms with van der Waals surface area (Å²) in [6.07, 6.45) is 1.56. The molecule has 0 fully saturated rings. The molecule has 0 bridgehead atoms. The number of halogens is 2. The molecule has 2 aromatic carbocycles. The Balaban J connectivity index is 1.61. The first-order valence-electron chi connectivity index (χ1n) is 10.6. The molecule has 32 heavy (non-hydrogen) atoms. The highest BCUT2D eigenvalue weighted by Gasteiger charge is 2.34. The molecule has 1 unspecified atom stereocenters. The summed E-state index contributed by atoms with van der Waals surface area (Å²) in [5.74, 6) is -0.325. The fourth-order valence-electron chi connectivity index (χ4n) is 4.19. The molecule has 0 spiro atoms. The lowest BCUT2D eigenvalue weighted by atomic mass is 9.93. The third-order valence-electron chi connectivity index (χ3n) is 5.67. The lowest BCUT2D eigenvalue weighted by molar-refractivity contribution is -0.134. The highest BCUT2D eigenvalue weighted by atomic mass is 35.5. The van der Waals surface area contributed by atoms with Gasteiger partial charge < -0.3 is 9.80 Å². The van der Waals surface area contributed by atoms with Gasteiger partial charge in [0, 0.05) is 23.0 Å². The van der Waals surface area contributed by atoms with Crippen molar-refractivity contribution < 1.29 is 9.59 Å². The second kappa shape index (κ2) is 10.1. The Kier molecular flexibility index (Phi) is 7.19. The average Bonchev–Trinajstić information content (AvgIpc) is 3.27. The standard InChI is InChI=1S/C25H24Cl2N2O2S/c1-2-12-28(25(31)19-9-8-18(26)15-21(19)27)16-23(30)29-13-10-22-20(11-14-32-22)24(29)17-6-4-3-5-7-17/h3-9,11,14-15,24H,2,10,12-13,16H2,1H3. The van der Waals surface area contributed by atoms with Crippen LogP contribution in [0.2, 0.25) is 10.0 Å². The zero-order valence-electron chi connectivity index (χ0n) is 17.8. The highest BCUT2D eigenvalue weighted by molar-refractivity contribution is 7.10. The minimum atomic E-state index is -0.258. The van der Waals surface area contributed by atoms with Crippen LogP contribution in [0.15, 0.2) is 60.0 Å². The monoisotopic (exact) mass is 486 g/mol. The van der Waals surface area contributed by atoms with Crippen molar-refractivity contribution in [2.75, 3.05) is 19.6 Å². The maximum Gasteiger partial charge on any atom is 0.255 e. The van der Waals surface area contributed by atoms with Gasteiger partial charge in [-0.05, 0) is 53.6 Å². The number of thiophene rings is 1. The molecule has 4 rings (SSSR count). The highest BCUT2D eigenvalue weighted by Crippen LogP contribution is 2.37. The summed E-state index contributed by atoms with van der Waals surface area (Å²) in [7, 11) is 0. The zero-order valence-corrected chi connectivity index (χ0v) is 20.1. The summed E-state index contributed by atoms with van der Waals surface area (Å²) in [6, 6.07) is 16.9. The van der Waals surface area contributed by atoms with Crippen LogP contribution in [0.25, 0.3) is 0 Å². The number of fused-ring (bicyclic) bond motifs is 1. The number of rotatable bonds is 6. The van der Waals surface area contributed by atoms with Crippen LogP contribution in [-0.4, -0.2) is 41.2 Å². The second-order valence-electron chi connectivity index (χ2n) is 7.80. The third-order valence-corrected chi connectivity index (χ3v) is 7.21. The van der Waals surface area contributed by atoms with E-state index in [2.05, 4.69) is 23.6 Å². The van der Waals surface area contributed by atoms with Crippen molar-refractivity contribution in [3.05, 3.63) is 91.6 Å². The lowest BCUT2D eigenvalue weighted by Gasteiger charge is -2.37. The van der Waals surface area contributed by atoms with Gasteiger partial charge in [-0.25, -0.2) is 0 Å². The zero-order chi connectivity index (χ0) is 22.7. The minimum Gasteiger partial charge on any atom is -0.330 e. The van der Waals surface area contributed by atoms with Crippen LogP contribution < -0.4 is 0 Å². The van der Waals surface area contributed by atoms with Gasteiger partial charge in [-0.15, -0.1) is 11.3 Å². The molecule has 0 N–H and O–H groups in total. The first-order chi connectivity index (χ1) is 15.5. The van der Waals surface area contributed by atoms with E-state index in [1.54, 1.807) is 34.4 Å². The molecule has 0 saturated heterocycles. The molecule has 7 heteroatoms. The van der Waals surface area contributed by atoms with Gasteiger partial charge in [0.15, 0.2) is 0 Å². The van der Waals surface area contributed by atoms with Crippen molar-refractivity contribution in [3.63, 3.8) is 0 Å². The van der Waals surface area contributed by atoms with E-state index in [1.807, 2.05) is 30.0 Å². The van der Waals surface area contributed by atoms with E-state index in [4.69, 9.17) is 23.2 Å². The number of carbonyl (C=O) groups is 2. The predicted molar refractivity (Wildman–Crippen MR) is 131 cm³/mol. The maximum atomic E-state index is 13.6. The molecular weight excluding hydrogens is 463 g/mol. The fraction of sp³-hybridized carbons (Fsp3) is 0.280. The van der Waals surface area contributed by atoms with Crippen LogP contribution in [0.3, 0.4) is 0 Å². The molecule has 2 amide bonds. The normalized spacial score (nSPS) is 15.3. The van der Waals surface area contributed by atoms with Gasteiger partial charge in [-0.2, -0.15) is 0 Å². The number of hydrogen-bond donors (Lipinski definition) is 0. The summed E-state index contributed by atoms with van der Waals surface area (Å²) in [5, 5.41) is 2.85. The van der Waals surface area contributed by atoms with Gasteiger partial charge in [0.1, 0.15) is 6.54 Å². The number of carbonyl (C=O) groups excluding carboxylic acids is 2. The number of benzene rings is 2. The number of hydrogen-bond acceptors (Lipinski definition) is 3. The molecule has 166 valence electrons. The van der Waals surface area contributed by atoms with Crippen molar-refractivity contribution in [3.8, 4) is 0 Å². The van der Waals surface area contributed by atoms with Crippen molar-refractivity contribution >= 4 is 46.4 Å². The van der Waals surface area contributed by atoms with E-state index in [9.17, 15) is 9.59 Å². The van der Waals surface area contributed by atoms with Crippen LogP contribution in [0.1, 0.15) is 45.7 Å². The Hall–Kier alpha value is -2.34. The van der Waals surface area contributed by atoms with Gasteiger partial charge in [-0.3, -0.25) is 9.59 Å². The van der Waals surface area contributed by atoms with Crippen LogP contribution in [0.5, 0.6) is 0 Å². The molecule has 3 aromatic rings. The number of amides is 2. The van der Waals surface area contributed by atoms with Crippen LogP contribution in [-0.2, 0) is 11.2 Å². The van der Waals surface area contributed by atoms with Gasteiger partial charge >= 0.3 is 0 Å². The number of nitrogens with zero attached hydrogens (tertiary/aromatic N) is 2. The van der Waals surface area contributed by atoms with Crippen molar-refractivity contribution in [2.45, 2.75) is 25.8 Å². The Morgan fingerprint density at radius 1 is 1.12 bits per heavy atom. The average molecular weight is 487 g/mol. The summed E-state index contributed by atoms with van der Waals surface area (Å²) in [5.41, 5.74) is 2.61. The molecular formula is C25H24Cl2N2O2S. The van der Waals surface area contributed by atoms with Gasteiger partial charge in [0.25, 0.3) is 5.91 Å². The van der Waals surface area contributed by atoms with Crippen molar-refractivity contribution in [1.29, 1.82) is 0 Å². The van der Waals surface area contributed by atoms with E-state index in [1.165, 1.54) is 10.4 Å². The summed E-state index contributed by atoms with van der Waals surface area (Å²) in [4.78, 5) is 31.6. The quantitative estimate of drug-likeness (QED) is 0.423. The van der Waals surface area contributed by atoms with Gasteiger partial charge in [0.2, 0.25) is 5.91 Å². The molecule has 0 radical (unpaired) electrons. The molecule has 1 aliphatic heterocycles. The SMILES string of the molecule is CCCN(CC(=O)N1CCc2sccc2C1c1ccccc1)C(=O)c1ccc(Cl)cc1Cl. The Bertz CT molecular complexity index is 1120. The summed E-state index contributed by atoms with van der Waals surface area (Å²) < 4.78 is 0. The molecule has 0 saturated carbocycles. The maximum absolute atomic E-state index is 13.6. The third kappa shape index (κ3) is 4.70. The van der Waals surface area contributed by atoms with Crippen molar-refractivity contribution in [1.82, 2.24) is 9.80 Å². The lowest BCUT2D eigenvalue weighted by Crippen LogP contribution is -2.47. The van der Waals surface area contributed by atoms with Crippen LogP contribution in [0.4, 0.5) is 0 Å². The molecule has 1 aromatic heterocycles. The molecule has 2 heterocycles. The van der Waals surface area contributed by atoms with E-state index in [0.717, 1.165) is 18.4 Å². The van der Waals surface area contributed by atoms with E-state index >= 15 is 0 Å². The summed E-state index contributed by atoms with van der Waals surface area (Å²) in [6.45, 7) is 3.09. The van der Waals surface area contributed by atoms with E-state index < -0.39 is 0 Å². The van der Waals surface area contributed by atoms with Gasteiger partial charge in [-0.1, -0.05) is 60.5 Å². The Morgan fingerprint density at radius 2 is 1.91 bits per heavy atom. The van der Waals surface area contributed by atoms with Crippen molar-refractivity contribution in [2.24, 2.45) is 0 Å². The van der Waals surface area contributed by atoms with Crippen LogP contribution in [0, 0.1) is 0 Å². The fourth-order valence-corrected chi connectivity index (χ4v) is 5.58. The molecule has 4 nitrogen and oxygen atoms in total.